The van der Waals surface area contributed by atoms with Crippen LogP contribution in [-0.2, 0) is 25.1 Å². The lowest BCUT2D eigenvalue weighted by atomic mass is 10.1. The Kier molecular flexibility index (Phi) is 6.44. The van der Waals surface area contributed by atoms with E-state index in [0.29, 0.717) is 17.5 Å². The van der Waals surface area contributed by atoms with E-state index in [0.717, 1.165) is 41.7 Å². The highest BCUT2D eigenvalue weighted by Crippen LogP contribution is 2.24. The molecule has 0 aliphatic rings. The number of thioether (sulfide) groups is 1. The second kappa shape index (κ2) is 9.58. The molecule has 0 fully saturated rings. The van der Waals surface area contributed by atoms with Gasteiger partial charge in [0.1, 0.15) is 11.6 Å². The highest BCUT2D eigenvalue weighted by molar-refractivity contribution is 7.98. The molecule has 0 spiro atoms. The minimum atomic E-state index is 0.542. The van der Waals surface area contributed by atoms with Crippen LogP contribution in [0, 0.1) is 0 Å². The number of hydrogen-bond acceptors (Lipinski definition) is 7. The fraction of sp³-hybridized carbons (Fsp3) is 0.273. The number of aryl methyl sites for hydroxylation is 2. The standard InChI is InChI=1S/C22H23N5O2S/c1-3-27-19(14-9-16-7-5-4-6-8-16)24-25-22(27)30-15-20-23-21(26-29-20)17-10-12-18(28-2)13-11-17/h4-8,10-13H,3,9,14-15H2,1-2H3. The number of ether oxygens (including phenoxy) is 1. The molecule has 0 unspecified atom stereocenters. The van der Waals surface area contributed by atoms with Gasteiger partial charge in [-0.15, -0.1) is 10.2 Å². The number of aromatic nitrogens is 5. The third-order valence-electron chi connectivity index (χ3n) is 4.73. The zero-order valence-corrected chi connectivity index (χ0v) is 17.8. The molecule has 0 N–H and O–H groups in total. The summed E-state index contributed by atoms with van der Waals surface area (Å²) in [4.78, 5) is 4.49. The van der Waals surface area contributed by atoms with Crippen molar-refractivity contribution in [2.24, 2.45) is 0 Å². The molecule has 7 nitrogen and oxygen atoms in total. The van der Waals surface area contributed by atoms with E-state index < -0.39 is 0 Å². The normalized spacial score (nSPS) is 11.0. The monoisotopic (exact) mass is 421 g/mol. The number of hydrogen-bond donors (Lipinski definition) is 0. The van der Waals surface area contributed by atoms with E-state index in [1.165, 1.54) is 5.56 Å². The predicted octanol–water partition coefficient (Wildman–Crippen LogP) is 4.43. The highest BCUT2D eigenvalue weighted by atomic mass is 32.2. The first kappa shape index (κ1) is 20.2. The summed E-state index contributed by atoms with van der Waals surface area (Å²) in [6.07, 6.45) is 1.80. The number of nitrogens with zero attached hydrogens (tertiary/aromatic N) is 5. The summed E-state index contributed by atoms with van der Waals surface area (Å²) in [5.74, 6) is 3.45. The maximum Gasteiger partial charge on any atom is 0.237 e. The first-order valence-electron chi connectivity index (χ1n) is 9.82. The second-order valence-electron chi connectivity index (χ2n) is 6.66. The largest absolute Gasteiger partial charge is 0.497 e. The van der Waals surface area contributed by atoms with Gasteiger partial charge in [-0.1, -0.05) is 47.3 Å². The first-order chi connectivity index (χ1) is 14.8. The fourth-order valence-corrected chi connectivity index (χ4v) is 3.99. The summed E-state index contributed by atoms with van der Waals surface area (Å²) < 4.78 is 12.7. The molecule has 8 heteroatoms. The maximum absolute atomic E-state index is 5.41. The molecule has 2 aromatic carbocycles. The van der Waals surface area contributed by atoms with Crippen molar-refractivity contribution in [3.63, 3.8) is 0 Å². The Labute approximate surface area is 179 Å². The Morgan fingerprint density at radius 3 is 2.53 bits per heavy atom. The molecule has 2 aromatic heterocycles. The molecule has 0 radical (unpaired) electrons. The molecule has 0 aliphatic heterocycles. The van der Waals surface area contributed by atoms with Gasteiger partial charge in [0.05, 0.1) is 12.9 Å². The minimum absolute atomic E-state index is 0.542. The molecule has 0 saturated heterocycles. The molecule has 4 aromatic rings. The van der Waals surface area contributed by atoms with E-state index in [4.69, 9.17) is 9.26 Å². The summed E-state index contributed by atoms with van der Waals surface area (Å²) in [5.41, 5.74) is 2.19. The van der Waals surface area contributed by atoms with E-state index in [1.54, 1.807) is 18.9 Å². The molecule has 0 aliphatic carbocycles. The van der Waals surface area contributed by atoms with Crippen molar-refractivity contribution in [1.82, 2.24) is 24.9 Å². The molecule has 0 bridgehead atoms. The molecule has 0 saturated carbocycles. The van der Waals surface area contributed by atoms with Crippen LogP contribution < -0.4 is 4.74 Å². The van der Waals surface area contributed by atoms with Crippen LogP contribution in [0.3, 0.4) is 0 Å². The van der Waals surface area contributed by atoms with E-state index in [1.807, 2.05) is 30.3 Å². The van der Waals surface area contributed by atoms with Gasteiger partial charge in [0.2, 0.25) is 11.7 Å². The fourth-order valence-electron chi connectivity index (χ4n) is 3.13. The Bertz CT molecular complexity index is 1080. The van der Waals surface area contributed by atoms with Crippen molar-refractivity contribution in [3.05, 3.63) is 71.9 Å². The Morgan fingerprint density at radius 2 is 1.80 bits per heavy atom. The zero-order chi connectivity index (χ0) is 20.8. The number of methoxy groups -OCH3 is 1. The quantitative estimate of drug-likeness (QED) is 0.370. The summed E-state index contributed by atoms with van der Waals surface area (Å²) in [5, 5.41) is 13.7. The van der Waals surface area contributed by atoms with Gasteiger partial charge in [-0.3, -0.25) is 0 Å². The van der Waals surface area contributed by atoms with Gasteiger partial charge < -0.3 is 13.8 Å². The van der Waals surface area contributed by atoms with Gasteiger partial charge in [-0.2, -0.15) is 4.98 Å². The lowest BCUT2D eigenvalue weighted by Crippen LogP contribution is -2.05. The molecule has 2 heterocycles. The smallest absolute Gasteiger partial charge is 0.237 e. The van der Waals surface area contributed by atoms with Gasteiger partial charge in [-0.05, 0) is 43.2 Å². The van der Waals surface area contributed by atoms with Gasteiger partial charge in [0.25, 0.3) is 0 Å². The Hall–Kier alpha value is -3.13. The molecular weight excluding hydrogens is 398 g/mol. The van der Waals surface area contributed by atoms with Crippen LogP contribution in [0.25, 0.3) is 11.4 Å². The SMILES string of the molecule is CCn1c(CCc2ccccc2)nnc1SCc1nc(-c2ccc(OC)cc2)no1. The lowest BCUT2D eigenvalue weighted by molar-refractivity contribution is 0.391. The van der Waals surface area contributed by atoms with Crippen molar-refractivity contribution in [2.45, 2.75) is 37.2 Å². The Balaban J connectivity index is 1.39. The van der Waals surface area contributed by atoms with Crippen molar-refractivity contribution >= 4 is 11.8 Å². The second-order valence-corrected chi connectivity index (χ2v) is 7.60. The summed E-state index contributed by atoms with van der Waals surface area (Å²) in [7, 11) is 1.64. The van der Waals surface area contributed by atoms with E-state index in [2.05, 4.69) is 56.1 Å². The first-order valence-corrected chi connectivity index (χ1v) is 10.8. The Morgan fingerprint density at radius 1 is 1.00 bits per heavy atom. The average Bonchev–Trinajstić information content (AvgIpc) is 3.43. The van der Waals surface area contributed by atoms with Gasteiger partial charge in [0.15, 0.2) is 5.16 Å². The molecular formula is C22H23N5O2S. The molecule has 4 rings (SSSR count). The molecule has 0 atom stereocenters. The van der Waals surface area contributed by atoms with Crippen LogP contribution in [0.4, 0.5) is 0 Å². The van der Waals surface area contributed by atoms with E-state index >= 15 is 0 Å². The molecule has 30 heavy (non-hydrogen) atoms. The van der Waals surface area contributed by atoms with Crippen LogP contribution in [0.5, 0.6) is 5.75 Å². The van der Waals surface area contributed by atoms with E-state index in [9.17, 15) is 0 Å². The summed E-state index contributed by atoms with van der Waals surface area (Å²) in [6, 6.07) is 18.0. The van der Waals surface area contributed by atoms with E-state index in [-0.39, 0.29) is 0 Å². The molecule has 154 valence electrons. The topological polar surface area (TPSA) is 78.9 Å². The summed E-state index contributed by atoms with van der Waals surface area (Å²) >= 11 is 1.55. The van der Waals surface area contributed by atoms with Gasteiger partial charge in [-0.25, -0.2) is 0 Å². The maximum atomic E-state index is 5.41. The third-order valence-corrected chi connectivity index (χ3v) is 5.68. The van der Waals surface area contributed by atoms with Crippen molar-refractivity contribution in [2.75, 3.05) is 7.11 Å². The van der Waals surface area contributed by atoms with Crippen LogP contribution in [-0.4, -0.2) is 32.0 Å². The average molecular weight is 422 g/mol. The van der Waals surface area contributed by atoms with Crippen molar-refractivity contribution in [3.8, 4) is 17.1 Å². The highest BCUT2D eigenvalue weighted by Gasteiger charge is 2.14. The van der Waals surface area contributed by atoms with Crippen LogP contribution in [0.2, 0.25) is 0 Å². The van der Waals surface area contributed by atoms with Crippen molar-refractivity contribution < 1.29 is 9.26 Å². The van der Waals surface area contributed by atoms with Gasteiger partial charge in [0, 0.05) is 18.5 Å². The van der Waals surface area contributed by atoms with Crippen LogP contribution >= 0.6 is 11.8 Å². The third kappa shape index (κ3) is 4.71. The molecule has 0 amide bonds. The van der Waals surface area contributed by atoms with Crippen LogP contribution in [0.15, 0.2) is 64.3 Å². The van der Waals surface area contributed by atoms with Crippen molar-refractivity contribution in [1.29, 1.82) is 0 Å². The number of rotatable bonds is 9. The predicted molar refractivity (Wildman–Crippen MR) is 115 cm³/mol. The minimum Gasteiger partial charge on any atom is -0.497 e. The summed E-state index contributed by atoms with van der Waals surface area (Å²) in [6.45, 7) is 2.92. The zero-order valence-electron chi connectivity index (χ0n) is 17.0. The lowest BCUT2D eigenvalue weighted by Gasteiger charge is -2.06. The van der Waals surface area contributed by atoms with Gasteiger partial charge >= 0.3 is 0 Å². The number of benzene rings is 2. The van der Waals surface area contributed by atoms with Crippen LogP contribution in [0.1, 0.15) is 24.2 Å².